The Morgan fingerprint density at radius 2 is 1.90 bits per heavy atom. The first kappa shape index (κ1) is 13.6. The summed E-state index contributed by atoms with van der Waals surface area (Å²) in [5, 5.41) is 1.41. The highest BCUT2D eigenvalue weighted by Gasteiger charge is 2.06. The quantitative estimate of drug-likeness (QED) is 0.747. The van der Waals surface area contributed by atoms with E-state index in [0.717, 1.165) is 5.03 Å². The Bertz CT molecular complexity index is 871. The van der Waals surface area contributed by atoms with Crippen molar-refractivity contribution >= 4 is 22.7 Å². The third-order valence-electron chi connectivity index (χ3n) is 3.09. The van der Waals surface area contributed by atoms with E-state index in [1.54, 1.807) is 30.5 Å². The molecule has 0 unspecified atom stereocenters. The molecule has 0 atom stereocenters. The molecule has 0 aliphatic carbocycles. The smallest absolute Gasteiger partial charge is 0.307 e. The van der Waals surface area contributed by atoms with Crippen LogP contribution in [0.4, 0.5) is 0 Å². The van der Waals surface area contributed by atoms with Gasteiger partial charge in [-0.25, -0.2) is 9.78 Å². The van der Waals surface area contributed by atoms with Gasteiger partial charge in [0.2, 0.25) is 0 Å². The van der Waals surface area contributed by atoms with Crippen LogP contribution in [0.2, 0.25) is 0 Å². The number of hydrogen-bond donors (Lipinski definition) is 1. The van der Waals surface area contributed by atoms with E-state index in [2.05, 4.69) is 9.97 Å². The molecule has 1 aromatic carbocycles. The zero-order chi connectivity index (χ0) is 14.7. The summed E-state index contributed by atoms with van der Waals surface area (Å²) in [4.78, 5) is 31.2. The summed E-state index contributed by atoms with van der Waals surface area (Å²) >= 11 is 1.51. The van der Waals surface area contributed by atoms with Crippen LogP contribution in [0, 0.1) is 0 Å². The van der Waals surface area contributed by atoms with Crippen LogP contribution in [0.5, 0.6) is 0 Å². The van der Waals surface area contributed by atoms with Gasteiger partial charge in [0.05, 0.1) is 15.9 Å². The van der Waals surface area contributed by atoms with Gasteiger partial charge in [-0.05, 0) is 24.3 Å². The van der Waals surface area contributed by atoms with Gasteiger partial charge in [-0.3, -0.25) is 9.36 Å². The van der Waals surface area contributed by atoms with E-state index in [1.165, 1.54) is 16.3 Å². The predicted molar refractivity (Wildman–Crippen MR) is 83.8 cm³/mol. The third kappa shape index (κ3) is 2.90. The molecule has 3 rings (SSSR count). The molecule has 0 radical (unpaired) electrons. The van der Waals surface area contributed by atoms with Crippen LogP contribution in [-0.4, -0.2) is 20.3 Å². The van der Waals surface area contributed by atoms with Crippen molar-refractivity contribution in [2.45, 2.75) is 11.6 Å². The zero-order valence-corrected chi connectivity index (χ0v) is 12.0. The highest BCUT2D eigenvalue weighted by atomic mass is 32.2. The van der Waals surface area contributed by atoms with Gasteiger partial charge < -0.3 is 4.98 Å². The monoisotopic (exact) mass is 299 g/mol. The van der Waals surface area contributed by atoms with Gasteiger partial charge >= 0.3 is 5.69 Å². The van der Waals surface area contributed by atoms with Crippen molar-refractivity contribution in [2.24, 2.45) is 0 Å². The molecule has 0 fully saturated rings. The van der Waals surface area contributed by atoms with Crippen molar-refractivity contribution in [2.75, 3.05) is 5.75 Å². The van der Waals surface area contributed by atoms with Crippen molar-refractivity contribution in [3.63, 3.8) is 0 Å². The Kier molecular flexibility index (Phi) is 3.87. The van der Waals surface area contributed by atoms with E-state index in [9.17, 15) is 9.59 Å². The first-order valence-corrected chi connectivity index (χ1v) is 7.50. The molecular weight excluding hydrogens is 286 g/mol. The highest BCUT2D eigenvalue weighted by molar-refractivity contribution is 7.99. The van der Waals surface area contributed by atoms with Crippen LogP contribution in [0.1, 0.15) is 0 Å². The standard InChI is InChI=1S/C15H13N3O2S/c19-14-11-5-1-2-6-12(11)17-15(20)18(14)9-10-21-13-7-3-4-8-16-13/h1-8H,9-10H2,(H,17,20). The van der Waals surface area contributed by atoms with Crippen LogP contribution in [-0.2, 0) is 6.54 Å². The number of aromatic amines is 1. The van der Waals surface area contributed by atoms with Crippen molar-refractivity contribution in [1.82, 2.24) is 14.5 Å². The van der Waals surface area contributed by atoms with Crippen molar-refractivity contribution in [3.8, 4) is 0 Å². The number of rotatable bonds is 4. The predicted octanol–water partition coefficient (Wildman–Crippen LogP) is 1.88. The lowest BCUT2D eigenvalue weighted by atomic mass is 10.2. The summed E-state index contributed by atoms with van der Waals surface area (Å²) in [6.45, 7) is 0.347. The molecule has 0 aliphatic rings. The largest absolute Gasteiger partial charge is 0.328 e. The zero-order valence-electron chi connectivity index (χ0n) is 11.2. The number of aromatic nitrogens is 3. The van der Waals surface area contributed by atoms with Gasteiger partial charge in [0.25, 0.3) is 5.56 Å². The first-order chi connectivity index (χ1) is 10.3. The Labute approximate surface area is 124 Å². The molecular formula is C15H13N3O2S. The van der Waals surface area contributed by atoms with E-state index in [0.29, 0.717) is 23.2 Å². The lowest BCUT2D eigenvalue weighted by Crippen LogP contribution is -2.35. The number of pyridine rings is 1. The summed E-state index contributed by atoms with van der Waals surface area (Å²) in [6, 6.07) is 12.7. The number of benzene rings is 1. The lowest BCUT2D eigenvalue weighted by Gasteiger charge is -2.06. The van der Waals surface area contributed by atoms with Crippen molar-refractivity contribution < 1.29 is 0 Å². The fraction of sp³-hybridized carbons (Fsp3) is 0.133. The Morgan fingerprint density at radius 1 is 1.10 bits per heavy atom. The highest BCUT2D eigenvalue weighted by Crippen LogP contribution is 2.13. The third-order valence-corrected chi connectivity index (χ3v) is 4.02. The summed E-state index contributed by atoms with van der Waals surface area (Å²) in [5.41, 5.74) is -0.0579. The van der Waals surface area contributed by atoms with Gasteiger partial charge in [-0.1, -0.05) is 18.2 Å². The molecule has 5 nitrogen and oxygen atoms in total. The molecule has 2 aromatic heterocycles. The molecule has 0 saturated heterocycles. The molecule has 0 amide bonds. The maximum Gasteiger partial charge on any atom is 0.328 e. The van der Waals surface area contributed by atoms with Gasteiger partial charge in [0.15, 0.2) is 0 Å². The van der Waals surface area contributed by atoms with Gasteiger partial charge in [-0.15, -0.1) is 11.8 Å². The average molecular weight is 299 g/mol. The normalized spacial score (nSPS) is 10.9. The molecule has 0 bridgehead atoms. The maximum atomic E-state index is 12.3. The number of nitrogens with one attached hydrogen (secondary N) is 1. The van der Waals surface area contributed by atoms with Gasteiger partial charge in [0.1, 0.15) is 0 Å². The number of thioether (sulfide) groups is 1. The summed E-state index contributed by atoms with van der Waals surface area (Å²) in [7, 11) is 0. The second-order valence-electron chi connectivity index (χ2n) is 4.45. The molecule has 0 saturated carbocycles. The number of nitrogens with zero attached hydrogens (tertiary/aromatic N) is 2. The molecule has 21 heavy (non-hydrogen) atoms. The van der Waals surface area contributed by atoms with E-state index in [-0.39, 0.29) is 11.2 Å². The summed E-state index contributed by atoms with van der Waals surface area (Å²) in [6.07, 6.45) is 1.72. The first-order valence-electron chi connectivity index (χ1n) is 6.51. The lowest BCUT2D eigenvalue weighted by molar-refractivity contribution is 0.690. The van der Waals surface area contributed by atoms with E-state index in [4.69, 9.17) is 0 Å². The second kappa shape index (κ2) is 5.97. The van der Waals surface area contributed by atoms with Crippen molar-refractivity contribution in [1.29, 1.82) is 0 Å². The summed E-state index contributed by atoms with van der Waals surface area (Å²) in [5.74, 6) is 0.609. The molecule has 3 aromatic rings. The molecule has 106 valence electrons. The average Bonchev–Trinajstić information content (AvgIpc) is 2.51. The van der Waals surface area contributed by atoms with E-state index < -0.39 is 0 Å². The Morgan fingerprint density at radius 3 is 2.71 bits per heavy atom. The maximum absolute atomic E-state index is 12.3. The van der Waals surface area contributed by atoms with Crippen LogP contribution in [0.25, 0.3) is 10.9 Å². The SMILES string of the molecule is O=c1[nH]c2ccccc2c(=O)n1CCSc1ccccn1. The second-order valence-corrected chi connectivity index (χ2v) is 5.56. The van der Waals surface area contributed by atoms with E-state index in [1.807, 2.05) is 18.2 Å². The Balaban J connectivity index is 1.84. The van der Waals surface area contributed by atoms with Crippen LogP contribution >= 0.6 is 11.8 Å². The Hall–Kier alpha value is -2.34. The molecule has 0 aliphatic heterocycles. The molecule has 2 heterocycles. The van der Waals surface area contributed by atoms with Gasteiger partial charge in [-0.2, -0.15) is 0 Å². The fourth-order valence-electron chi connectivity index (χ4n) is 2.08. The number of fused-ring (bicyclic) bond motifs is 1. The number of hydrogen-bond acceptors (Lipinski definition) is 4. The number of para-hydroxylation sites is 1. The minimum absolute atomic E-state index is 0.254. The van der Waals surface area contributed by atoms with Crippen molar-refractivity contribution in [3.05, 3.63) is 69.5 Å². The van der Waals surface area contributed by atoms with Gasteiger partial charge in [0, 0.05) is 18.5 Å². The fourth-order valence-corrected chi connectivity index (χ4v) is 2.87. The van der Waals surface area contributed by atoms with E-state index >= 15 is 0 Å². The van der Waals surface area contributed by atoms with Crippen LogP contribution in [0.15, 0.2) is 63.3 Å². The molecule has 1 N–H and O–H groups in total. The number of H-pyrrole nitrogens is 1. The molecule has 6 heteroatoms. The van der Waals surface area contributed by atoms with Crippen LogP contribution < -0.4 is 11.2 Å². The minimum atomic E-state index is -0.375. The minimum Gasteiger partial charge on any atom is -0.307 e. The summed E-state index contributed by atoms with van der Waals surface area (Å²) < 4.78 is 1.23. The molecule has 0 spiro atoms. The van der Waals surface area contributed by atoms with Crippen LogP contribution in [0.3, 0.4) is 0 Å². The topological polar surface area (TPSA) is 67.8 Å².